The summed E-state index contributed by atoms with van der Waals surface area (Å²) < 4.78 is 55.0. The highest BCUT2D eigenvalue weighted by atomic mass is 19.4. The van der Waals surface area contributed by atoms with Gasteiger partial charge in [-0.1, -0.05) is 49.8 Å². The van der Waals surface area contributed by atoms with Crippen molar-refractivity contribution in [1.82, 2.24) is 0 Å². The topological polar surface area (TPSA) is 9.23 Å². The van der Waals surface area contributed by atoms with Crippen LogP contribution < -0.4 is 4.74 Å². The van der Waals surface area contributed by atoms with Crippen molar-refractivity contribution in [3.05, 3.63) is 70.5 Å². The van der Waals surface area contributed by atoms with Crippen LogP contribution in [0.25, 0.3) is 5.57 Å². The van der Waals surface area contributed by atoms with Crippen LogP contribution in [-0.2, 0) is 19.3 Å². The van der Waals surface area contributed by atoms with Gasteiger partial charge >= 0.3 is 6.36 Å². The van der Waals surface area contributed by atoms with E-state index in [-0.39, 0.29) is 12.0 Å². The van der Waals surface area contributed by atoms with Gasteiger partial charge < -0.3 is 4.74 Å². The highest BCUT2D eigenvalue weighted by molar-refractivity contribution is 5.71. The van der Waals surface area contributed by atoms with Gasteiger partial charge in [0.25, 0.3) is 0 Å². The molecule has 0 atom stereocenters. The Morgan fingerprint density at radius 1 is 1.04 bits per heavy atom. The molecule has 0 bridgehead atoms. The van der Waals surface area contributed by atoms with Crippen molar-refractivity contribution in [3.63, 3.8) is 0 Å². The third kappa shape index (κ3) is 4.03. The van der Waals surface area contributed by atoms with Crippen LogP contribution in [0.5, 0.6) is 5.75 Å². The molecule has 2 aromatic carbocycles. The second-order valence-corrected chi connectivity index (χ2v) is 6.12. The number of allylic oxidation sites excluding steroid dienone is 2. The zero-order valence-corrected chi connectivity index (χ0v) is 13.8. The van der Waals surface area contributed by atoms with Gasteiger partial charge in [0.15, 0.2) is 11.6 Å². The zero-order valence-electron chi connectivity index (χ0n) is 13.8. The SMILES string of the molecule is CCCc1ccc(C2=CCc3c(ccc(OC(F)(F)F)c3F)C2)cc1. The predicted octanol–water partition coefficient (Wildman–Crippen LogP) is 5.86. The average Bonchev–Trinajstić information content (AvgIpc) is 2.57. The summed E-state index contributed by atoms with van der Waals surface area (Å²) >= 11 is 0. The number of rotatable bonds is 4. The van der Waals surface area contributed by atoms with Gasteiger partial charge in [-0.2, -0.15) is 0 Å². The van der Waals surface area contributed by atoms with Gasteiger partial charge in [-0.15, -0.1) is 13.2 Å². The van der Waals surface area contributed by atoms with Gasteiger partial charge in [-0.25, -0.2) is 4.39 Å². The first-order valence-electron chi connectivity index (χ1n) is 8.21. The minimum atomic E-state index is -4.90. The summed E-state index contributed by atoms with van der Waals surface area (Å²) in [5, 5.41) is 0. The lowest BCUT2D eigenvalue weighted by Crippen LogP contribution is -2.19. The van der Waals surface area contributed by atoms with Gasteiger partial charge in [-0.05, 0) is 53.2 Å². The van der Waals surface area contributed by atoms with Gasteiger partial charge in [0, 0.05) is 0 Å². The summed E-state index contributed by atoms with van der Waals surface area (Å²) in [7, 11) is 0. The van der Waals surface area contributed by atoms with Crippen molar-refractivity contribution < 1.29 is 22.3 Å². The first kappa shape index (κ1) is 17.5. The molecule has 0 fully saturated rings. The number of halogens is 4. The van der Waals surface area contributed by atoms with E-state index in [9.17, 15) is 17.6 Å². The normalized spacial score (nSPS) is 14.0. The van der Waals surface area contributed by atoms with Gasteiger partial charge in [0.1, 0.15) is 0 Å². The van der Waals surface area contributed by atoms with E-state index in [1.54, 1.807) is 0 Å². The number of fused-ring (bicyclic) bond motifs is 1. The fourth-order valence-electron chi connectivity index (χ4n) is 3.13. The Balaban J connectivity index is 1.82. The van der Waals surface area contributed by atoms with Crippen molar-refractivity contribution >= 4 is 5.57 Å². The smallest absolute Gasteiger partial charge is 0.403 e. The molecule has 0 heterocycles. The zero-order chi connectivity index (χ0) is 18.0. The van der Waals surface area contributed by atoms with Crippen LogP contribution in [0.15, 0.2) is 42.5 Å². The third-order valence-electron chi connectivity index (χ3n) is 4.33. The van der Waals surface area contributed by atoms with Crippen LogP contribution in [0.4, 0.5) is 17.6 Å². The summed E-state index contributed by atoms with van der Waals surface area (Å²) in [5.41, 5.74) is 4.35. The summed E-state index contributed by atoms with van der Waals surface area (Å²) in [5.74, 6) is -1.70. The van der Waals surface area contributed by atoms with Crippen molar-refractivity contribution in [1.29, 1.82) is 0 Å². The first-order valence-corrected chi connectivity index (χ1v) is 8.21. The van der Waals surface area contributed by atoms with Crippen molar-refractivity contribution in [3.8, 4) is 5.75 Å². The molecule has 0 saturated carbocycles. The maximum Gasteiger partial charge on any atom is 0.573 e. The monoisotopic (exact) mass is 350 g/mol. The van der Waals surface area contributed by atoms with E-state index in [0.717, 1.165) is 30.0 Å². The van der Waals surface area contributed by atoms with E-state index in [0.29, 0.717) is 12.0 Å². The number of hydrogen-bond donors (Lipinski definition) is 0. The molecule has 0 aliphatic heterocycles. The van der Waals surface area contributed by atoms with Crippen LogP contribution in [0, 0.1) is 5.82 Å². The summed E-state index contributed by atoms with van der Waals surface area (Å²) in [6.07, 6.45) is -0.178. The maximum atomic E-state index is 14.3. The van der Waals surface area contributed by atoms with Crippen molar-refractivity contribution in [2.24, 2.45) is 0 Å². The van der Waals surface area contributed by atoms with E-state index in [1.807, 2.05) is 18.2 Å². The molecule has 25 heavy (non-hydrogen) atoms. The van der Waals surface area contributed by atoms with E-state index >= 15 is 0 Å². The Kier molecular flexibility index (Phi) is 4.84. The minimum Gasteiger partial charge on any atom is -0.403 e. The van der Waals surface area contributed by atoms with E-state index < -0.39 is 17.9 Å². The first-order chi connectivity index (χ1) is 11.9. The van der Waals surface area contributed by atoms with Crippen molar-refractivity contribution in [2.45, 2.75) is 39.0 Å². The van der Waals surface area contributed by atoms with E-state index in [2.05, 4.69) is 23.8 Å². The summed E-state index contributed by atoms with van der Waals surface area (Å²) in [6, 6.07) is 10.8. The molecular formula is C20H18F4O. The number of aryl methyl sites for hydroxylation is 1. The lowest BCUT2D eigenvalue weighted by atomic mass is 9.87. The second kappa shape index (κ2) is 6.90. The van der Waals surface area contributed by atoms with Gasteiger partial charge in [0.2, 0.25) is 0 Å². The highest BCUT2D eigenvalue weighted by Gasteiger charge is 2.33. The molecular weight excluding hydrogens is 332 g/mol. The molecule has 2 aromatic rings. The summed E-state index contributed by atoms with van der Waals surface area (Å²) in [6.45, 7) is 2.12. The fraction of sp³-hybridized carbons (Fsp3) is 0.300. The third-order valence-corrected chi connectivity index (χ3v) is 4.33. The van der Waals surface area contributed by atoms with Crippen molar-refractivity contribution in [2.75, 3.05) is 0 Å². The average molecular weight is 350 g/mol. The Morgan fingerprint density at radius 2 is 1.76 bits per heavy atom. The molecule has 132 valence electrons. The lowest BCUT2D eigenvalue weighted by molar-refractivity contribution is -0.275. The fourth-order valence-corrected chi connectivity index (χ4v) is 3.13. The van der Waals surface area contributed by atoms with Gasteiger partial charge in [-0.3, -0.25) is 0 Å². The van der Waals surface area contributed by atoms with E-state index in [4.69, 9.17) is 0 Å². The van der Waals surface area contributed by atoms with Crippen LogP contribution in [0.2, 0.25) is 0 Å². The molecule has 1 aliphatic carbocycles. The summed E-state index contributed by atoms with van der Waals surface area (Å²) in [4.78, 5) is 0. The number of benzene rings is 2. The minimum absolute atomic E-state index is 0.252. The molecule has 5 heteroatoms. The number of alkyl halides is 3. The Bertz CT molecular complexity index is 789. The standard InChI is InChI=1S/C20H18F4O/c1-2-3-13-4-6-14(7-5-13)15-8-10-17-16(12-15)9-11-18(19(17)21)25-20(22,23)24/h4-9,11H,2-3,10,12H2,1H3. The van der Waals surface area contributed by atoms with Gasteiger partial charge in [0.05, 0.1) is 0 Å². The molecule has 0 radical (unpaired) electrons. The number of ether oxygens (including phenoxy) is 1. The molecule has 3 rings (SSSR count). The molecule has 0 saturated heterocycles. The molecule has 1 aliphatic rings. The molecule has 0 amide bonds. The largest absolute Gasteiger partial charge is 0.573 e. The quantitative estimate of drug-likeness (QED) is 0.628. The Hall–Kier alpha value is -2.30. The predicted molar refractivity (Wildman–Crippen MR) is 88.9 cm³/mol. The van der Waals surface area contributed by atoms with E-state index in [1.165, 1.54) is 11.6 Å². The Morgan fingerprint density at radius 3 is 2.40 bits per heavy atom. The maximum absolute atomic E-state index is 14.3. The van der Waals surface area contributed by atoms with Crippen LogP contribution in [0.1, 0.15) is 35.6 Å². The lowest BCUT2D eigenvalue weighted by Gasteiger charge is -2.20. The second-order valence-electron chi connectivity index (χ2n) is 6.12. The van der Waals surface area contributed by atoms with Crippen LogP contribution in [0.3, 0.4) is 0 Å². The highest BCUT2D eigenvalue weighted by Crippen LogP contribution is 2.34. The van der Waals surface area contributed by atoms with Crippen LogP contribution >= 0.6 is 0 Å². The number of hydrogen-bond acceptors (Lipinski definition) is 1. The molecule has 1 nitrogen and oxygen atoms in total. The Labute approximate surface area is 143 Å². The molecule has 0 aromatic heterocycles. The van der Waals surface area contributed by atoms with Crippen LogP contribution in [-0.4, -0.2) is 6.36 Å². The molecule has 0 spiro atoms. The molecule has 0 unspecified atom stereocenters. The molecule has 0 N–H and O–H groups in total.